The van der Waals surface area contributed by atoms with Crippen LogP contribution >= 0.6 is 0 Å². The van der Waals surface area contributed by atoms with Crippen molar-refractivity contribution in [3.63, 3.8) is 0 Å². The fourth-order valence-electron chi connectivity index (χ4n) is 2.40. The van der Waals surface area contributed by atoms with E-state index < -0.39 is 5.60 Å². The maximum Gasteiger partial charge on any atom is 0.0740 e. The predicted molar refractivity (Wildman–Crippen MR) is 62.7 cm³/mol. The van der Waals surface area contributed by atoms with Crippen LogP contribution in [-0.4, -0.2) is 23.8 Å². The normalized spacial score (nSPS) is 25.6. The Kier molecular flexibility index (Phi) is 3.36. The summed E-state index contributed by atoms with van der Waals surface area (Å²) in [5.74, 6) is 2.94. The molecule has 2 aliphatic rings. The molecule has 88 valence electrons. The van der Waals surface area contributed by atoms with Crippen molar-refractivity contribution in [2.45, 2.75) is 51.6 Å². The van der Waals surface area contributed by atoms with E-state index in [0.717, 1.165) is 37.3 Å². The van der Waals surface area contributed by atoms with Crippen molar-refractivity contribution in [1.82, 2.24) is 5.32 Å². The van der Waals surface area contributed by atoms with Gasteiger partial charge >= 0.3 is 0 Å². The third kappa shape index (κ3) is 3.46. The van der Waals surface area contributed by atoms with E-state index in [4.69, 9.17) is 0 Å². The van der Waals surface area contributed by atoms with Gasteiger partial charge in [-0.3, -0.25) is 0 Å². The zero-order valence-corrected chi connectivity index (χ0v) is 10.1. The molecule has 2 fully saturated rings. The molecule has 0 aliphatic heterocycles. The van der Waals surface area contributed by atoms with Crippen LogP contribution in [0.5, 0.6) is 0 Å². The maximum atomic E-state index is 9.88. The van der Waals surface area contributed by atoms with Crippen LogP contribution in [0, 0.1) is 17.8 Å². The highest BCUT2D eigenvalue weighted by atomic mass is 16.3. The number of rotatable bonds is 7. The molecule has 15 heavy (non-hydrogen) atoms. The fourth-order valence-corrected chi connectivity index (χ4v) is 2.40. The first-order chi connectivity index (χ1) is 7.12. The van der Waals surface area contributed by atoms with Crippen molar-refractivity contribution >= 4 is 0 Å². The molecule has 2 aliphatic carbocycles. The van der Waals surface area contributed by atoms with Gasteiger partial charge in [0.25, 0.3) is 0 Å². The molecule has 2 N–H and O–H groups in total. The highest BCUT2D eigenvalue weighted by Gasteiger charge is 2.40. The lowest BCUT2D eigenvalue weighted by Gasteiger charge is -2.24. The Bertz CT molecular complexity index is 195. The lowest BCUT2D eigenvalue weighted by atomic mass is 9.97. The van der Waals surface area contributed by atoms with Crippen LogP contribution in [0.4, 0.5) is 0 Å². The van der Waals surface area contributed by atoms with Crippen LogP contribution in [0.1, 0.15) is 46.0 Å². The summed E-state index contributed by atoms with van der Waals surface area (Å²) in [4.78, 5) is 0. The van der Waals surface area contributed by atoms with E-state index in [-0.39, 0.29) is 0 Å². The standard InChI is InChI=1S/C13H25NO/c1-3-13(2,15)9-14-8-12(10-4-5-10)11-6-7-11/h10-12,14-15H,3-9H2,1-2H3. The molecule has 0 bridgehead atoms. The van der Waals surface area contributed by atoms with E-state index in [2.05, 4.69) is 5.32 Å². The van der Waals surface area contributed by atoms with E-state index in [9.17, 15) is 5.11 Å². The minimum atomic E-state index is -0.516. The largest absolute Gasteiger partial charge is 0.389 e. The summed E-state index contributed by atoms with van der Waals surface area (Å²) in [6, 6.07) is 0. The van der Waals surface area contributed by atoms with Crippen LogP contribution < -0.4 is 5.32 Å². The zero-order valence-electron chi connectivity index (χ0n) is 10.1. The van der Waals surface area contributed by atoms with Gasteiger partial charge < -0.3 is 10.4 Å². The molecule has 2 heteroatoms. The third-order valence-corrected chi connectivity index (χ3v) is 4.10. The summed E-state index contributed by atoms with van der Waals surface area (Å²) in [5, 5.41) is 13.4. The zero-order chi connectivity index (χ0) is 10.9. The topological polar surface area (TPSA) is 32.3 Å². The van der Waals surface area contributed by atoms with Crippen molar-refractivity contribution in [2.24, 2.45) is 17.8 Å². The Hall–Kier alpha value is -0.0800. The summed E-state index contributed by atoms with van der Waals surface area (Å²) in [5.41, 5.74) is -0.516. The Balaban J connectivity index is 1.67. The quantitative estimate of drug-likeness (QED) is 0.676. The molecule has 0 radical (unpaired) electrons. The molecule has 1 unspecified atom stereocenters. The van der Waals surface area contributed by atoms with Gasteiger partial charge in [-0.1, -0.05) is 6.92 Å². The summed E-state index contributed by atoms with van der Waals surface area (Å²) in [6.45, 7) is 5.84. The minimum absolute atomic E-state index is 0.516. The average molecular weight is 211 g/mol. The second kappa shape index (κ2) is 4.42. The molecule has 0 amide bonds. The molecule has 0 aromatic carbocycles. The van der Waals surface area contributed by atoms with Gasteiger partial charge in [0.1, 0.15) is 0 Å². The Morgan fingerprint density at radius 3 is 2.20 bits per heavy atom. The van der Waals surface area contributed by atoms with Crippen LogP contribution in [0.25, 0.3) is 0 Å². The first-order valence-corrected chi connectivity index (χ1v) is 6.55. The lowest BCUT2D eigenvalue weighted by Crippen LogP contribution is -2.39. The smallest absolute Gasteiger partial charge is 0.0740 e. The number of hydrogen-bond acceptors (Lipinski definition) is 2. The Labute approximate surface area is 93.5 Å². The highest BCUT2D eigenvalue weighted by molar-refractivity contribution is 4.92. The first-order valence-electron chi connectivity index (χ1n) is 6.55. The van der Waals surface area contributed by atoms with Gasteiger partial charge in [0.15, 0.2) is 0 Å². The summed E-state index contributed by atoms with van der Waals surface area (Å²) < 4.78 is 0. The van der Waals surface area contributed by atoms with Crippen molar-refractivity contribution in [1.29, 1.82) is 0 Å². The maximum absolute atomic E-state index is 9.88. The summed E-state index contributed by atoms with van der Waals surface area (Å²) in [6.07, 6.45) is 6.64. The van der Waals surface area contributed by atoms with Crippen LogP contribution in [0.15, 0.2) is 0 Å². The van der Waals surface area contributed by atoms with Gasteiger partial charge in [0.2, 0.25) is 0 Å². The van der Waals surface area contributed by atoms with Gasteiger partial charge in [0.05, 0.1) is 5.60 Å². The van der Waals surface area contributed by atoms with E-state index in [1.807, 2.05) is 13.8 Å². The minimum Gasteiger partial charge on any atom is -0.389 e. The van der Waals surface area contributed by atoms with Crippen molar-refractivity contribution in [3.8, 4) is 0 Å². The van der Waals surface area contributed by atoms with Gasteiger partial charge in [-0.05, 0) is 63.3 Å². The van der Waals surface area contributed by atoms with Gasteiger partial charge in [-0.15, -0.1) is 0 Å². The summed E-state index contributed by atoms with van der Waals surface area (Å²) in [7, 11) is 0. The first kappa shape index (κ1) is 11.4. The van der Waals surface area contributed by atoms with E-state index in [1.54, 1.807) is 0 Å². The van der Waals surface area contributed by atoms with Crippen molar-refractivity contribution in [3.05, 3.63) is 0 Å². The average Bonchev–Trinajstić information content (AvgIpc) is 3.01. The van der Waals surface area contributed by atoms with Gasteiger partial charge in [0, 0.05) is 6.54 Å². The summed E-state index contributed by atoms with van der Waals surface area (Å²) >= 11 is 0. The molecule has 0 aromatic rings. The van der Waals surface area contributed by atoms with Crippen molar-refractivity contribution < 1.29 is 5.11 Å². The van der Waals surface area contributed by atoms with E-state index >= 15 is 0 Å². The SMILES string of the molecule is CCC(C)(O)CNCC(C1CC1)C1CC1. The monoisotopic (exact) mass is 211 g/mol. The predicted octanol–water partition coefficient (Wildman–Crippen LogP) is 2.17. The van der Waals surface area contributed by atoms with Crippen molar-refractivity contribution in [2.75, 3.05) is 13.1 Å². The Morgan fingerprint density at radius 1 is 1.27 bits per heavy atom. The Morgan fingerprint density at radius 2 is 1.80 bits per heavy atom. The molecule has 2 nitrogen and oxygen atoms in total. The molecule has 2 saturated carbocycles. The molecular weight excluding hydrogens is 186 g/mol. The van der Waals surface area contributed by atoms with Crippen LogP contribution in [0.3, 0.4) is 0 Å². The number of nitrogens with one attached hydrogen (secondary N) is 1. The molecule has 1 atom stereocenters. The highest BCUT2D eigenvalue weighted by Crippen LogP contribution is 2.48. The molecule has 0 aromatic heterocycles. The van der Waals surface area contributed by atoms with Gasteiger partial charge in [-0.2, -0.15) is 0 Å². The molecule has 2 rings (SSSR count). The third-order valence-electron chi connectivity index (χ3n) is 4.10. The number of hydrogen-bond donors (Lipinski definition) is 2. The van der Waals surface area contributed by atoms with Crippen LogP contribution in [0.2, 0.25) is 0 Å². The van der Waals surface area contributed by atoms with E-state index in [0.29, 0.717) is 0 Å². The fraction of sp³-hybridized carbons (Fsp3) is 1.00. The van der Waals surface area contributed by atoms with E-state index in [1.165, 1.54) is 25.7 Å². The second-order valence-corrected chi connectivity index (χ2v) is 5.82. The molecule has 0 spiro atoms. The van der Waals surface area contributed by atoms with Crippen LogP contribution in [-0.2, 0) is 0 Å². The molecular formula is C13H25NO. The molecule has 0 heterocycles. The second-order valence-electron chi connectivity index (χ2n) is 5.82. The van der Waals surface area contributed by atoms with Gasteiger partial charge in [-0.25, -0.2) is 0 Å². The lowest BCUT2D eigenvalue weighted by molar-refractivity contribution is 0.0543. The number of aliphatic hydroxyl groups is 1. The molecule has 0 saturated heterocycles.